The van der Waals surface area contributed by atoms with Crippen LogP contribution >= 0.6 is 0 Å². The molecule has 0 spiro atoms. The Morgan fingerprint density at radius 1 is 1.16 bits per heavy atom. The number of benzene rings is 1. The van der Waals surface area contributed by atoms with Crippen LogP contribution in [0.2, 0.25) is 0 Å². The molecule has 1 heterocycles. The summed E-state index contributed by atoms with van der Waals surface area (Å²) in [7, 11) is 1.77. The van der Waals surface area contributed by atoms with Gasteiger partial charge >= 0.3 is 0 Å². The Labute approximate surface area is 149 Å². The molecule has 0 radical (unpaired) electrons. The summed E-state index contributed by atoms with van der Waals surface area (Å²) >= 11 is 0. The van der Waals surface area contributed by atoms with Gasteiger partial charge in [-0.25, -0.2) is 0 Å². The molecule has 0 aliphatic heterocycles. The second-order valence-electron chi connectivity index (χ2n) is 5.60. The van der Waals surface area contributed by atoms with Gasteiger partial charge in [0.15, 0.2) is 5.96 Å². The van der Waals surface area contributed by atoms with E-state index in [0.717, 1.165) is 44.4 Å². The number of rotatable bonds is 9. The smallest absolute Gasteiger partial charge is 0.191 e. The summed E-state index contributed by atoms with van der Waals surface area (Å²) in [6, 6.07) is 8.42. The van der Waals surface area contributed by atoms with Crippen LogP contribution in [-0.2, 0) is 30.9 Å². The maximum absolute atomic E-state index is 5.41. The number of aliphatic imine (C=N–C) groups is 1. The van der Waals surface area contributed by atoms with Crippen molar-refractivity contribution in [1.82, 2.24) is 25.4 Å². The molecule has 1 aromatic heterocycles. The van der Waals surface area contributed by atoms with E-state index in [1.165, 1.54) is 11.1 Å². The number of nitrogens with zero attached hydrogens (tertiary/aromatic N) is 4. The molecule has 2 aromatic rings. The van der Waals surface area contributed by atoms with Crippen molar-refractivity contribution in [2.45, 2.75) is 40.0 Å². The fourth-order valence-corrected chi connectivity index (χ4v) is 2.41. The van der Waals surface area contributed by atoms with Crippen LogP contribution in [0.15, 0.2) is 35.6 Å². The molecular weight excluding hydrogens is 316 g/mol. The summed E-state index contributed by atoms with van der Waals surface area (Å²) in [5, 5.41) is 14.7. The predicted molar refractivity (Wildman–Crippen MR) is 99.4 cm³/mol. The molecule has 2 N–H and O–H groups in total. The minimum absolute atomic E-state index is 0.663. The molecule has 136 valence electrons. The molecule has 0 aliphatic carbocycles. The topological polar surface area (TPSA) is 76.4 Å². The molecule has 25 heavy (non-hydrogen) atoms. The highest BCUT2D eigenvalue weighted by molar-refractivity contribution is 5.79. The van der Waals surface area contributed by atoms with Gasteiger partial charge in [-0.1, -0.05) is 31.2 Å². The number of ether oxygens (including phenoxy) is 1. The second-order valence-corrected chi connectivity index (χ2v) is 5.60. The van der Waals surface area contributed by atoms with Gasteiger partial charge in [-0.2, -0.15) is 0 Å². The van der Waals surface area contributed by atoms with Crippen molar-refractivity contribution in [1.29, 1.82) is 0 Å². The zero-order chi connectivity index (χ0) is 17.9. The monoisotopic (exact) mass is 344 g/mol. The Balaban J connectivity index is 1.74. The molecule has 0 fully saturated rings. The van der Waals surface area contributed by atoms with E-state index in [1.807, 2.05) is 6.92 Å². The highest BCUT2D eigenvalue weighted by Gasteiger charge is 2.02. The number of aryl methyl sites for hydroxylation is 1. The molecule has 7 nitrogen and oxygen atoms in total. The molecule has 1 aromatic carbocycles. The van der Waals surface area contributed by atoms with Gasteiger partial charge in [0.2, 0.25) is 0 Å². The molecule has 0 bridgehead atoms. The fourth-order valence-electron chi connectivity index (χ4n) is 2.41. The van der Waals surface area contributed by atoms with Crippen LogP contribution in [-0.4, -0.2) is 40.9 Å². The van der Waals surface area contributed by atoms with Crippen LogP contribution in [0, 0.1) is 0 Å². The molecule has 0 saturated heterocycles. The van der Waals surface area contributed by atoms with Crippen molar-refractivity contribution in [3.05, 3.63) is 47.5 Å². The summed E-state index contributed by atoms with van der Waals surface area (Å²) in [5.74, 6) is 1.78. The number of hydrogen-bond acceptors (Lipinski definition) is 4. The highest BCUT2D eigenvalue weighted by atomic mass is 16.5. The molecule has 0 saturated carbocycles. The van der Waals surface area contributed by atoms with Gasteiger partial charge in [0.25, 0.3) is 0 Å². The van der Waals surface area contributed by atoms with E-state index in [1.54, 1.807) is 13.4 Å². The Kier molecular flexibility index (Phi) is 7.91. The van der Waals surface area contributed by atoms with Crippen LogP contribution in [0.5, 0.6) is 0 Å². The Bertz CT molecular complexity index is 650. The molecule has 0 atom stereocenters. The average Bonchev–Trinajstić information content (AvgIpc) is 3.11. The first-order valence-corrected chi connectivity index (χ1v) is 8.73. The van der Waals surface area contributed by atoms with E-state index in [4.69, 9.17) is 4.74 Å². The fraction of sp³-hybridized carbons (Fsp3) is 0.500. The van der Waals surface area contributed by atoms with E-state index < -0.39 is 0 Å². The van der Waals surface area contributed by atoms with Crippen LogP contribution in [0.4, 0.5) is 0 Å². The van der Waals surface area contributed by atoms with Gasteiger partial charge in [0.05, 0.1) is 6.61 Å². The number of hydrogen-bond donors (Lipinski definition) is 2. The second kappa shape index (κ2) is 10.5. The predicted octanol–water partition coefficient (Wildman–Crippen LogP) is 1.74. The summed E-state index contributed by atoms with van der Waals surface area (Å²) in [6.07, 6.45) is 2.65. The molecule has 0 amide bonds. The van der Waals surface area contributed by atoms with Crippen molar-refractivity contribution in [3.8, 4) is 0 Å². The zero-order valence-corrected chi connectivity index (χ0v) is 15.3. The minimum atomic E-state index is 0.663. The molecule has 0 aliphatic rings. The minimum Gasteiger partial charge on any atom is -0.377 e. The van der Waals surface area contributed by atoms with Gasteiger partial charge in [-0.05, 0) is 18.1 Å². The van der Waals surface area contributed by atoms with Crippen molar-refractivity contribution < 1.29 is 4.74 Å². The van der Waals surface area contributed by atoms with Gasteiger partial charge in [-0.3, -0.25) is 4.99 Å². The number of aromatic nitrogens is 3. The zero-order valence-electron chi connectivity index (χ0n) is 15.3. The quantitative estimate of drug-likeness (QED) is 0.535. The molecule has 0 unspecified atom stereocenters. The Morgan fingerprint density at radius 3 is 2.60 bits per heavy atom. The van der Waals surface area contributed by atoms with E-state index in [2.05, 4.69) is 61.6 Å². The van der Waals surface area contributed by atoms with E-state index in [-0.39, 0.29) is 0 Å². The van der Waals surface area contributed by atoms with Crippen LogP contribution in [0.1, 0.15) is 30.8 Å². The average molecular weight is 344 g/mol. The summed E-state index contributed by atoms with van der Waals surface area (Å²) in [5.41, 5.74) is 2.39. The van der Waals surface area contributed by atoms with Crippen molar-refractivity contribution in [2.24, 2.45) is 4.99 Å². The molecular formula is C18H28N6O. The maximum Gasteiger partial charge on any atom is 0.191 e. The normalized spacial score (nSPS) is 11.6. The summed E-state index contributed by atoms with van der Waals surface area (Å²) < 4.78 is 7.46. The van der Waals surface area contributed by atoms with Gasteiger partial charge < -0.3 is 19.9 Å². The van der Waals surface area contributed by atoms with Crippen molar-refractivity contribution >= 4 is 5.96 Å². The maximum atomic E-state index is 5.41. The summed E-state index contributed by atoms with van der Waals surface area (Å²) in [6.45, 7) is 7.77. The largest absolute Gasteiger partial charge is 0.377 e. The van der Waals surface area contributed by atoms with Crippen LogP contribution in [0.3, 0.4) is 0 Å². The standard InChI is InChI=1S/C18H28N6O/c1-4-17-23-22-14-24(17)11-10-20-18(19-3)21-12-15-6-8-16(9-7-15)13-25-5-2/h6-9,14H,4-5,10-13H2,1-3H3,(H2,19,20,21). The lowest BCUT2D eigenvalue weighted by Crippen LogP contribution is -2.38. The van der Waals surface area contributed by atoms with E-state index >= 15 is 0 Å². The highest BCUT2D eigenvalue weighted by Crippen LogP contribution is 2.05. The Morgan fingerprint density at radius 2 is 1.92 bits per heavy atom. The SMILES string of the molecule is CCOCc1ccc(CNC(=NC)NCCn2cnnc2CC)cc1. The van der Waals surface area contributed by atoms with Gasteiger partial charge in [0, 0.05) is 39.7 Å². The van der Waals surface area contributed by atoms with Gasteiger partial charge in [0.1, 0.15) is 12.2 Å². The van der Waals surface area contributed by atoms with Crippen LogP contribution < -0.4 is 10.6 Å². The lowest BCUT2D eigenvalue weighted by atomic mass is 10.1. The van der Waals surface area contributed by atoms with Crippen LogP contribution in [0.25, 0.3) is 0 Å². The first-order chi connectivity index (χ1) is 12.3. The van der Waals surface area contributed by atoms with E-state index in [9.17, 15) is 0 Å². The number of nitrogens with one attached hydrogen (secondary N) is 2. The van der Waals surface area contributed by atoms with E-state index in [0.29, 0.717) is 6.61 Å². The van der Waals surface area contributed by atoms with Crippen molar-refractivity contribution in [2.75, 3.05) is 20.2 Å². The Hall–Kier alpha value is -2.41. The lowest BCUT2D eigenvalue weighted by Gasteiger charge is -2.13. The number of guanidine groups is 1. The van der Waals surface area contributed by atoms with Crippen molar-refractivity contribution in [3.63, 3.8) is 0 Å². The molecule has 7 heteroatoms. The van der Waals surface area contributed by atoms with Gasteiger partial charge in [-0.15, -0.1) is 10.2 Å². The lowest BCUT2D eigenvalue weighted by molar-refractivity contribution is 0.134. The third-order valence-electron chi connectivity index (χ3n) is 3.84. The first kappa shape index (κ1) is 18.9. The summed E-state index contributed by atoms with van der Waals surface area (Å²) in [4.78, 5) is 4.26. The third kappa shape index (κ3) is 6.19. The molecule has 2 rings (SSSR count). The first-order valence-electron chi connectivity index (χ1n) is 8.73. The third-order valence-corrected chi connectivity index (χ3v) is 3.84.